The van der Waals surface area contributed by atoms with Crippen LogP contribution in [-0.4, -0.2) is 0 Å². The molecule has 1 aromatic carbocycles. The van der Waals surface area contributed by atoms with Crippen LogP contribution in [0.15, 0.2) is 29.8 Å². The summed E-state index contributed by atoms with van der Waals surface area (Å²) in [5, 5.41) is 8.75. The molecule has 70 valence electrons. The fourth-order valence-corrected chi connectivity index (χ4v) is 1.91. The lowest BCUT2D eigenvalue weighted by Crippen LogP contribution is -1.78. The van der Waals surface area contributed by atoms with E-state index in [-0.39, 0.29) is 0 Å². The minimum absolute atomic E-state index is 0.748. The Morgan fingerprint density at radius 2 is 2.00 bits per heavy atom. The van der Waals surface area contributed by atoms with Crippen LogP contribution in [-0.2, 0) is 0 Å². The molecule has 0 N–H and O–H groups in total. The minimum atomic E-state index is 0.748. The van der Waals surface area contributed by atoms with Crippen LogP contribution in [0.2, 0.25) is 0 Å². The molecule has 1 aliphatic rings. The highest BCUT2D eigenvalue weighted by molar-refractivity contribution is 5.55. The Kier molecular flexibility index (Phi) is 2.65. The van der Waals surface area contributed by atoms with Gasteiger partial charge in [0.2, 0.25) is 0 Å². The maximum absolute atomic E-state index is 8.75. The predicted molar refractivity (Wildman–Crippen MR) is 57.6 cm³/mol. The van der Waals surface area contributed by atoms with E-state index in [0.29, 0.717) is 0 Å². The first kappa shape index (κ1) is 9.02. The smallest absolute Gasteiger partial charge is 0.0991 e. The molecule has 0 bridgehead atoms. The standard InChI is InChI=1S/C13H13N/c14-10-13-7-3-6-12(9-13)8-11-4-1-2-5-11/h3,6-9H,1-2,4-5H2. The summed E-state index contributed by atoms with van der Waals surface area (Å²) in [4.78, 5) is 0. The van der Waals surface area contributed by atoms with Gasteiger partial charge in [-0.1, -0.05) is 23.8 Å². The zero-order valence-electron chi connectivity index (χ0n) is 8.16. The Bertz CT molecular complexity index is 388. The first-order chi connectivity index (χ1) is 6.88. The van der Waals surface area contributed by atoms with Gasteiger partial charge in [0, 0.05) is 0 Å². The molecule has 1 saturated carbocycles. The van der Waals surface area contributed by atoms with Crippen molar-refractivity contribution in [3.05, 3.63) is 41.0 Å². The molecule has 0 aromatic heterocycles. The Balaban J connectivity index is 2.24. The normalized spacial score (nSPS) is 15.2. The molecule has 0 saturated heterocycles. The average molecular weight is 183 g/mol. The third-order valence-electron chi connectivity index (χ3n) is 2.63. The van der Waals surface area contributed by atoms with E-state index in [1.165, 1.54) is 36.8 Å². The average Bonchev–Trinajstić information content (AvgIpc) is 2.71. The summed E-state index contributed by atoms with van der Waals surface area (Å²) in [6, 6.07) is 9.96. The van der Waals surface area contributed by atoms with Crippen LogP contribution < -0.4 is 0 Å². The van der Waals surface area contributed by atoms with Crippen molar-refractivity contribution in [2.24, 2.45) is 0 Å². The fraction of sp³-hybridized carbons (Fsp3) is 0.308. The monoisotopic (exact) mass is 183 g/mol. The molecule has 0 atom stereocenters. The highest BCUT2D eigenvalue weighted by Gasteiger charge is 2.05. The highest BCUT2D eigenvalue weighted by atomic mass is 14.2. The summed E-state index contributed by atoms with van der Waals surface area (Å²) < 4.78 is 0. The van der Waals surface area contributed by atoms with Crippen LogP contribution >= 0.6 is 0 Å². The first-order valence-electron chi connectivity index (χ1n) is 5.08. The molecule has 0 unspecified atom stereocenters. The summed E-state index contributed by atoms with van der Waals surface area (Å²) in [6.07, 6.45) is 7.34. The molecular weight excluding hydrogens is 170 g/mol. The molecule has 0 amide bonds. The van der Waals surface area contributed by atoms with Crippen molar-refractivity contribution in [3.63, 3.8) is 0 Å². The van der Waals surface area contributed by atoms with E-state index < -0.39 is 0 Å². The number of rotatable bonds is 1. The second-order valence-electron chi connectivity index (χ2n) is 3.75. The van der Waals surface area contributed by atoms with Gasteiger partial charge in [0.05, 0.1) is 11.6 Å². The largest absolute Gasteiger partial charge is 0.192 e. The van der Waals surface area contributed by atoms with Crippen molar-refractivity contribution in [1.82, 2.24) is 0 Å². The van der Waals surface area contributed by atoms with Crippen LogP contribution in [0.25, 0.3) is 6.08 Å². The number of hydrogen-bond donors (Lipinski definition) is 0. The third kappa shape index (κ3) is 2.03. The first-order valence-corrected chi connectivity index (χ1v) is 5.08. The lowest BCUT2D eigenvalue weighted by Gasteiger charge is -1.97. The van der Waals surface area contributed by atoms with Crippen molar-refractivity contribution >= 4 is 6.08 Å². The summed E-state index contributed by atoms with van der Waals surface area (Å²) in [6.45, 7) is 0. The van der Waals surface area contributed by atoms with E-state index in [9.17, 15) is 0 Å². The number of benzene rings is 1. The third-order valence-corrected chi connectivity index (χ3v) is 2.63. The van der Waals surface area contributed by atoms with Gasteiger partial charge in [-0.2, -0.15) is 5.26 Å². The number of allylic oxidation sites excluding steroid dienone is 1. The van der Waals surface area contributed by atoms with Crippen molar-refractivity contribution in [2.75, 3.05) is 0 Å². The van der Waals surface area contributed by atoms with Gasteiger partial charge in [-0.15, -0.1) is 0 Å². The van der Waals surface area contributed by atoms with Crippen molar-refractivity contribution < 1.29 is 0 Å². The fourth-order valence-electron chi connectivity index (χ4n) is 1.91. The number of hydrogen-bond acceptors (Lipinski definition) is 1. The van der Waals surface area contributed by atoms with Gasteiger partial charge < -0.3 is 0 Å². The van der Waals surface area contributed by atoms with Crippen molar-refractivity contribution in [2.45, 2.75) is 25.7 Å². The second kappa shape index (κ2) is 4.11. The molecule has 14 heavy (non-hydrogen) atoms. The quantitative estimate of drug-likeness (QED) is 0.653. The summed E-state index contributed by atoms with van der Waals surface area (Å²) in [5.41, 5.74) is 3.44. The summed E-state index contributed by atoms with van der Waals surface area (Å²) >= 11 is 0. The number of nitriles is 1. The number of nitrogens with zero attached hydrogens (tertiary/aromatic N) is 1. The lowest BCUT2D eigenvalue weighted by molar-refractivity contribution is 0.886. The van der Waals surface area contributed by atoms with Gasteiger partial charge >= 0.3 is 0 Å². The van der Waals surface area contributed by atoms with Crippen LogP contribution in [0.1, 0.15) is 36.8 Å². The molecule has 1 heteroatoms. The molecule has 0 heterocycles. The molecule has 0 spiro atoms. The minimum Gasteiger partial charge on any atom is -0.192 e. The second-order valence-corrected chi connectivity index (χ2v) is 3.75. The van der Waals surface area contributed by atoms with Crippen molar-refractivity contribution in [3.8, 4) is 6.07 Å². The molecular formula is C13H13N. The van der Waals surface area contributed by atoms with E-state index in [0.717, 1.165) is 5.56 Å². The SMILES string of the molecule is N#Cc1cccc(C=C2CCCC2)c1. The van der Waals surface area contributed by atoms with Gasteiger partial charge in [-0.05, 0) is 43.4 Å². The Hall–Kier alpha value is -1.55. The van der Waals surface area contributed by atoms with Crippen LogP contribution in [0.3, 0.4) is 0 Å². The maximum Gasteiger partial charge on any atom is 0.0991 e. The maximum atomic E-state index is 8.75. The molecule has 1 aliphatic carbocycles. The topological polar surface area (TPSA) is 23.8 Å². The molecule has 1 fully saturated rings. The summed E-state index contributed by atoms with van der Waals surface area (Å²) in [7, 11) is 0. The van der Waals surface area contributed by atoms with E-state index in [4.69, 9.17) is 5.26 Å². The van der Waals surface area contributed by atoms with Crippen LogP contribution in [0.4, 0.5) is 0 Å². The molecule has 0 radical (unpaired) electrons. The van der Waals surface area contributed by atoms with E-state index in [1.807, 2.05) is 18.2 Å². The van der Waals surface area contributed by atoms with Crippen molar-refractivity contribution in [1.29, 1.82) is 5.26 Å². The van der Waals surface area contributed by atoms with E-state index in [2.05, 4.69) is 18.2 Å². The van der Waals surface area contributed by atoms with E-state index >= 15 is 0 Å². The zero-order chi connectivity index (χ0) is 9.80. The van der Waals surface area contributed by atoms with Gasteiger partial charge in [0.1, 0.15) is 0 Å². The molecule has 2 rings (SSSR count). The van der Waals surface area contributed by atoms with Gasteiger partial charge in [-0.3, -0.25) is 0 Å². The Morgan fingerprint density at radius 1 is 1.21 bits per heavy atom. The highest BCUT2D eigenvalue weighted by Crippen LogP contribution is 2.25. The van der Waals surface area contributed by atoms with Gasteiger partial charge in [0.15, 0.2) is 0 Å². The van der Waals surface area contributed by atoms with Crippen LogP contribution in [0.5, 0.6) is 0 Å². The van der Waals surface area contributed by atoms with E-state index in [1.54, 1.807) is 0 Å². The summed E-state index contributed by atoms with van der Waals surface area (Å²) in [5.74, 6) is 0. The molecule has 1 aromatic rings. The molecule has 1 nitrogen and oxygen atoms in total. The Labute approximate surface area is 84.7 Å². The van der Waals surface area contributed by atoms with Crippen LogP contribution in [0, 0.1) is 11.3 Å². The Morgan fingerprint density at radius 3 is 2.71 bits per heavy atom. The zero-order valence-corrected chi connectivity index (χ0v) is 8.16. The van der Waals surface area contributed by atoms with Gasteiger partial charge in [0.25, 0.3) is 0 Å². The molecule has 0 aliphatic heterocycles. The predicted octanol–water partition coefficient (Wildman–Crippen LogP) is 3.52. The van der Waals surface area contributed by atoms with Gasteiger partial charge in [-0.25, -0.2) is 0 Å². The lowest BCUT2D eigenvalue weighted by atomic mass is 10.1.